The third-order valence-corrected chi connectivity index (χ3v) is 9.78. The van der Waals surface area contributed by atoms with Crippen LogP contribution in [0.1, 0.15) is 35.4 Å². The van der Waals surface area contributed by atoms with E-state index >= 15 is 0 Å². The van der Waals surface area contributed by atoms with E-state index in [1.165, 1.54) is 0 Å². The second kappa shape index (κ2) is 10.5. The predicted octanol–water partition coefficient (Wildman–Crippen LogP) is 4.87. The molecule has 2 heterocycles. The van der Waals surface area contributed by atoms with Crippen molar-refractivity contribution in [2.45, 2.75) is 37.5 Å². The van der Waals surface area contributed by atoms with Gasteiger partial charge < -0.3 is 9.84 Å². The Morgan fingerprint density at radius 2 is 1.67 bits per heavy atom. The Balaban J connectivity index is 1.48. The average molecular weight is 632 g/mol. The topological polar surface area (TPSA) is 125 Å². The van der Waals surface area contributed by atoms with Crippen molar-refractivity contribution in [3.63, 3.8) is 0 Å². The van der Waals surface area contributed by atoms with Crippen LogP contribution in [0.15, 0.2) is 84.4 Å². The molecular formula is C34H28F3N3O6. The molecular weight excluding hydrogens is 603 g/mol. The number of fused-ring (bicyclic) bond motifs is 4. The number of phenols is 1. The van der Waals surface area contributed by atoms with Crippen LogP contribution in [0.3, 0.4) is 0 Å². The Kier molecular flexibility index (Phi) is 6.73. The van der Waals surface area contributed by atoms with Gasteiger partial charge in [-0.3, -0.25) is 29.9 Å². The molecule has 0 aromatic heterocycles. The number of amides is 4. The summed E-state index contributed by atoms with van der Waals surface area (Å²) >= 11 is 0. The van der Waals surface area contributed by atoms with E-state index in [2.05, 4.69) is 15.5 Å². The van der Waals surface area contributed by atoms with Crippen LogP contribution in [0, 0.1) is 30.6 Å². The van der Waals surface area contributed by atoms with E-state index in [1.54, 1.807) is 60.7 Å². The van der Waals surface area contributed by atoms with Crippen LogP contribution >= 0.6 is 0 Å². The minimum absolute atomic E-state index is 0.00918. The van der Waals surface area contributed by atoms with Gasteiger partial charge in [-0.2, -0.15) is 5.01 Å². The van der Waals surface area contributed by atoms with Crippen LogP contribution in [-0.4, -0.2) is 40.1 Å². The summed E-state index contributed by atoms with van der Waals surface area (Å²) in [5, 5.41) is 14.6. The number of hydrogen-bond acceptors (Lipinski definition) is 7. The lowest BCUT2D eigenvalue weighted by molar-refractivity contribution is -0.274. The van der Waals surface area contributed by atoms with Gasteiger partial charge in [-0.1, -0.05) is 59.7 Å². The number of nitrogens with zero attached hydrogens (tertiary/aromatic N) is 1. The second-order valence-electron chi connectivity index (χ2n) is 12.2. The van der Waals surface area contributed by atoms with Crippen LogP contribution in [0.5, 0.6) is 11.5 Å². The predicted molar refractivity (Wildman–Crippen MR) is 157 cm³/mol. The molecule has 236 valence electrons. The maximum Gasteiger partial charge on any atom is 0.573 e. The first-order chi connectivity index (χ1) is 21.9. The number of hydrogen-bond donors (Lipinski definition) is 3. The Morgan fingerprint density at radius 1 is 0.957 bits per heavy atom. The van der Waals surface area contributed by atoms with Gasteiger partial charge in [0, 0.05) is 11.5 Å². The highest BCUT2D eigenvalue weighted by Crippen LogP contribution is 2.64. The summed E-state index contributed by atoms with van der Waals surface area (Å²) in [6, 6.07) is 18.5. The van der Waals surface area contributed by atoms with Crippen LogP contribution in [0.2, 0.25) is 0 Å². The minimum atomic E-state index is -5.05. The molecule has 9 nitrogen and oxygen atoms in total. The van der Waals surface area contributed by atoms with Gasteiger partial charge in [0.05, 0.1) is 28.9 Å². The molecule has 0 spiro atoms. The largest absolute Gasteiger partial charge is 0.573 e. The minimum Gasteiger partial charge on any atom is -0.508 e. The summed E-state index contributed by atoms with van der Waals surface area (Å²) < 4.78 is 44.3. The summed E-state index contributed by atoms with van der Waals surface area (Å²) in [4.78, 5) is 55.3. The van der Waals surface area contributed by atoms with Crippen LogP contribution in [0.4, 0.5) is 18.9 Å². The highest BCUT2D eigenvalue weighted by Gasteiger charge is 2.70. The number of rotatable bonds is 5. The number of hydrazine groups is 1. The quantitative estimate of drug-likeness (QED) is 0.271. The molecule has 3 fully saturated rings. The van der Waals surface area contributed by atoms with Crippen molar-refractivity contribution in [3.05, 3.63) is 101 Å². The van der Waals surface area contributed by atoms with Gasteiger partial charge in [-0.05, 0) is 61.6 Å². The number of aryl methyl sites for hydroxylation is 1. The molecule has 2 aliphatic carbocycles. The van der Waals surface area contributed by atoms with E-state index < -0.39 is 76.5 Å². The molecule has 6 unspecified atom stereocenters. The molecule has 7 rings (SSSR count). The average Bonchev–Trinajstić information content (AvgIpc) is 3.43. The lowest BCUT2D eigenvalue weighted by Gasteiger charge is -2.50. The number of alkyl halides is 3. The van der Waals surface area contributed by atoms with Gasteiger partial charge in [0.15, 0.2) is 0 Å². The zero-order valence-corrected chi connectivity index (χ0v) is 24.4. The van der Waals surface area contributed by atoms with Crippen molar-refractivity contribution in [2.24, 2.45) is 23.7 Å². The molecule has 6 atom stereocenters. The van der Waals surface area contributed by atoms with Crippen molar-refractivity contribution >= 4 is 29.3 Å². The van der Waals surface area contributed by atoms with Gasteiger partial charge in [0.1, 0.15) is 11.5 Å². The normalized spacial score (nSPS) is 28.7. The SMILES string of the molecule is Cc1ccc(NN2C(=O)C3CC4C(=CCC5C(=O)NC(=O)C54)C(c4cc(OC(F)(F)F)ccc4O)C3(c3ccccc3)C2=O)cc1. The van der Waals surface area contributed by atoms with Crippen LogP contribution < -0.4 is 15.5 Å². The third-order valence-electron chi connectivity index (χ3n) is 9.78. The summed E-state index contributed by atoms with van der Waals surface area (Å²) in [6.07, 6.45) is -3.17. The smallest absolute Gasteiger partial charge is 0.508 e. The molecule has 2 aliphatic heterocycles. The summed E-state index contributed by atoms with van der Waals surface area (Å²) in [5.41, 5.74) is 3.41. The van der Waals surface area contributed by atoms with E-state index in [0.29, 0.717) is 16.8 Å². The number of allylic oxidation sites excluding steroid dienone is 2. The number of carbonyl (C=O) groups is 4. The number of benzene rings is 3. The fourth-order valence-corrected chi connectivity index (χ4v) is 7.96. The fourth-order valence-electron chi connectivity index (χ4n) is 7.96. The van der Waals surface area contributed by atoms with Gasteiger partial charge in [-0.15, -0.1) is 13.2 Å². The van der Waals surface area contributed by atoms with E-state index in [-0.39, 0.29) is 18.4 Å². The standard InChI is InChI=1S/C34H28F3N3O6/c1-17-7-9-19(10-8-17)39-40-31(44)25-16-23-21(12-13-22-27(23)30(43)38-29(22)42)28(33(25,32(40)45)18-5-3-2-4-6-18)24-15-20(11-14-26(24)41)46-34(35,36)37/h2-12,14-15,22-23,25,27-28,39,41H,13,16H2,1H3,(H,38,42,43). The van der Waals surface area contributed by atoms with Crippen molar-refractivity contribution in [1.82, 2.24) is 10.3 Å². The fraction of sp³-hybridized carbons (Fsp3) is 0.294. The number of carbonyl (C=O) groups excluding carboxylic acids is 4. The molecule has 3 aromatic carbocycles. The number of aromatic hydroxyl groups is 1. The summed E-state index contributed by atoms with van der Waals surface area (Å²) in [7, 11) is 0. The Hall–Kier alpha value is -5.13. The molecule has 3 aromatic rings. The van der Waals surface area contributed by atoms with Crippen LogP contribution in [0.25, 0.3) is 0 Å². The van der Waals surface area contributed by atoms with Gasteiger partial charge in [0.2, 0.25) is 11.8 Å². The number of phenolic OH excluding ortho intramolecular Hbond substituents is 1. The zero-order valence-electron chi connectivity index (χ0n) is 24.4. The van der Waals surface area contributed by atoms with Crippen molar-refractivity contribution in [2.75, 3.05) is 5.43 Å². The van der Waals surface area contributed by atoms with Gasteiger partial charge in [0.25, 0.3) is 11.8 Å². The van der Waals surface area contributed by atoms with Gasteiger partial charge >= 0.3 is 6.36 Å². The second-order valence-corrected chi connectivity index (χ2v) is 12.2. The first-order valence-corrected chi connectivity index (χ1v) is 14.8. The first kappa shape index (κ1) is 29.6. The number of imide groups is 2. The molecule has 3 N–H and O–H groups in total. The summed E-state index contributed by atoms with van der Waals surface area (Å²) in [6.45, 7) is 1.88. The van der Waals surface area contributed by atoms with Crippen LogP contribution in [-0.2, 0) is 24.6 Å². The van der Waals surface area contributed by atoms with Crippen molar-refractivity contribution in [1.29, 1.82) is 0 Å². The Bertz CT molecular complexity index is 1810. The first-order valence-electron chi connectivity index (χ1n) is 14.8. The van der Waals surface area contributed by atoms with E-state index in [1.807, 2.05) is 6.92 Å². The van der Waals surface area contributed by atoms with Crippen molar-refractivity contribution < 1.29 is 42.2 Å². The zero-order chi connectivity index (χ0) is 32.5. The number of nitrogens with one attached hydrogen (secondary N) is 2. The Labute approximate surface area is 261 Å². The van der Waals surface area contributed by atoms with E-state index in [9.17, 15) is 37.5 Å². The highest BCUT2D eigenvalue weighted by atomic mass is 19.4. The molecule has 2 saturated heterocycles. The molecule has 12 heteroatoms. The van der Waals surface area contributed by atoms with E-state index in [0.717, 1.165) is 28.8 Å². The third kappa shape index (κ3) is 4.45. The van der Waals surface area contributed by atoms with Gasteiger partial charge in [-0.25, -0.2) is 0 Å². The molecule has 4 amide bonds. The summed E-state index contributed by atoms with van der Waals surface area (Å²) in [5.74, 6) is -7.89. The molecule has 1 saturated carbocycles. The maximum absolute atomic E-state index is 15.0. The molecule has 0 bridgehead atoms. The number of halogens is 3. The molecule has 0 radical (unpaired) electrons. The highest BCUT2D eigenvalue weighted by molar-refractivity contribution is 6.13. The monoisotopic (exact) mass is 631 g/mol. The number of ether oxygens (including phenoxy) is 1. The lowest BCUT2D eigenvalue weighted by Crippen LogP contribution is -2.53. The number of anilines is 1. The van der Waals surface area contributed by atoms with Crippen molar-refractivity contribution in [3.8, 4) is 11.5 Å². The lowest BCUT2D eigenvalue weighted by atomic mass is 9.49. The maximum atomic E-state index is 15.0. The van der Waals surface area contributed by atoms with E-state index in [4.69, 9.17) is 0 Å². The molecule has 46 heavy (non-hydrogen) atoms. The Morgan fingerprint density at radius 3 is 2.37 bits per heavy atom. The molecule has 4 aliphatic rings.